The topological polar surface area (TPSA) is 108 Å². The minimum atomic E-state index is -4.72. The number of rotatable bonds is 6. The van der Waals surface area contributed by atoms with Crippen LogP contribution >= 0.6 is 0 Å². The second-order valence-electron chi connectivity index (χ2n) is 8.60. The molecule has 0 radical (unpaired) electrons. The van der Waals surface area contributed by atoms with E-state index in [1.165, 1.54) is 29.4 Å². The smallest absolute Gasteiger partial charge is 0.379 e. The van der Waals surface area contributed by atoms with Crippen LogP contribution in [0.15, 0.2) is 42.7 Å². The molecule has 0 spiro atoms. The monoisotopic (exact) mass is 520 g/mol. The van der Waals surface area contributed by atoms with E-state index in [4.69, 9.17) is 0 Å². The first kappa shape index (κ1) is 24.6. The summed E-state index contributed by atoms with van der Waals surface area (Å²) < 4.78 is 69.3. The minimum absolute atomic E-state index is 0.0102. The van der Waals surface area contributed by atoms with Gasteiger partial charge in [-0.15, -0.1) is 5.10 Å². The Hall–Kier alpha value is -4.07. The molecule has 37 heavy (non-hydrogen) atoms. The second kappa shape index (κ2) is 9.10. The molecule has 3 N–H and O–H groups in total. The number of H-pyrrole nitrogens is 1. The number of nitrogens with zero attached hydrogens (tertiary/aromatic N) is 6. The zero-order valence-corrected chi connectivity index (χ0v) is 19.4. The van der Waals surface area contributed by atoms with Gasteiger partial charge in [-0.05, 0) is 37.3 Å². The van der Waals surface area contributed by atoms with E-state index in [-0.39, 0.29) is 17.7 Å². The lowest BCUT2D eigenvalue weighted by Crippen LogP contribution is -2.47. The highest BCUT2D eigenvalue weighted by Gasteiger charge is 2.57. The third kappa shape index (κ3) is 4.59. The Bertz CT molecular complexity index is 1420. The van der Waals surface area contributed by atoms with E-state index in [0.29, 0.717) is 35.4 Å². The van der Waals surface area contributed by atoms with Gasteiger partial charge in [0.2, 0.25) is 11.9 Å². The number of benzene rings is 1. The third-order valence-electron chi connectivity index (χ3n) is 6.18. The molecule has 0 unspecified atom stereocenters. The Kier molecular flexibility index (Phi) is 6.06. The third-order valence-corrected chi connectivity index (χ3v) is 6.18. The fraction of sp³-hybridized carbons (Fsp3) is 0.304. The Morgan fingerprint density at radius 3 is 2.54 bits per heavy atom. The van der Waals surface area contributed by atoms with Gasteiger partial charge in [0.15, 0.2) is 11.4 Å². The van der Waals surface area contributed by atoms with Crippen molar-refractivity contribution >= 4 is 17.5 Å². The standard InChI is InChI=1S/C23H21F5N8O/c1-2-36-21(31-14-4-5-15(17(24)9-14)16-11-30-33-19(16)25)32-20(34-36)13-3-6-18(29-10-13)35-8-7-22(37,12-35)23(26,27)28/h3-6,9-11,37H,2,7-8,12H2,1H3,(H,30,33)(H,31,32,34)/t22-/m1/s1. The summed E-state index contributed by atoms with van der Waals surface area (Å²) in [5, 5.41) is 23.0. The van der Waals surface area contributed by atoms with Crippen LogP contribution in [0.3, 0.4) is 0 Å². The van der Waals surface area contributed by atoms with E-state index in [1.807, 2.05) is 6.92 Å². The highest BCUT2D eigenvalue weighted by molar-refractivity contribution is 5.68. The van der Waals surface area contributed by atoms with Crippen molar-refractivity contribution in [1.82, 2.24) is 29.9 Å². The predicted molar refractivity (Wildman–Crippen MR) is 124 cm³/mol. The molecule has 0 amide bonds. The van der Waals surface area contributed by atoms with Crippen molar-refractivity contribution < 1.29 is 27.1 Å². The molecule has 1 saturated heterocycles. The molecule has 1 aliphatic heterocycles. The molecular weight excluding hydrogens is 499 g/mol. The average Bonchev–Trinajstić information content (AvgIpc) is 3.58. The van der Waals surface area contributed by atoms with E-state index in [1.54, 1.807) is 22.9 Å². The van der Waals surface area contributed by atoms with Crippen LogP contribution in [0.25, 0.3) is 22.5 Å². The van der Waals surface area contributed by atoms with Crippen LogP contribution in [0, 0.1) is 11.8 Å². The maximum Gasteiger partial charge on any atom is 0.418 e. The van der Waals surface area contributed by atoms with Gasteiger partial charge in [0.1, 0.15) is 11.6 Å². The predicted octanol–water partition coefficient (Wildman–Crippen LogP) is 4.28. The summed E-state index contributed by atoms with van der Waals surface area (Å²) in [6.45, 7) is 1.70. The van der Waals surface area contributed by atoms with Crippen molar-refractivity contribution in [3.63, 3.8) is 0 Å². The summed E-state index contributed by atoms with van der Waals surface area (Å²) in [5.41, 5.74) is -1.83. The number of nitrogens with one attached hydrogen (secondary N) is 2. The van der Waals surface area contributed by atoms with Crippen molar-refractivity contribution in [2.24, 2.45) is 0 Å². The van der Waals surface area contributed by atoms with Crippen LogP contribution in [0.5, 0.6) is 0 Å². The van der Waals surface area contributed by atoms with E-state index in [9.17, 15) is 27.1 Å². The molecule has 14 heteroatoms. The molecule has 5 rings (SSSR count). The van der Waals surface area contributed by atoms with Gasteiger partial charge in [-0.1, -0.05) is 0 Å². The fourth-order valence-corrected chi connectivity index (χ4v) is 4.10. The Morgan fingerprint density at radius 2 is 1.95 bits per heavy atom. The maximum atomic E-state index is 14.6. The number of aryl methyl sites for hydroxylation is 1. The number of β-amino-alcohol motifs (C(OH)–C–C–N with tert-alkyl or cyclic N) is 1. The summed E-state index contributed by atoms with van der Waals surface area (Å²) in [6.07, 6.45) is -2.52. The fourth-order valence-electron chi connectivity index (χ4n) is 4.10. The molecule has 0 aliphatic carbocycles. The summed E-state index contributed by atoms with van der Waals surface area (Å²) in [7, 11) is 0. The molecular formula is C23H21F5N8O. The van der Waals surface area contributed by atoms with Gasteiger partial charge in [0.05, 0.1) is 18.3 Å². The number of aliphatic hydroxyl groups is 1. The second-order valence-corrected chi connectivity index (χ2v) is 8.60. The maximum absolute atomic E-state index is 14.6. The highest BCUT2D eigenvalue weighted by atomic mass is 19.4. The van der Waals surface area contributed by atoms with Crippen LogP contribution in [-0.2, 0) is 6.54 Å². The van der Waals surface area contributed by atoms with Gasteiger partial charge >= 0.3 is 6.18 Å². The molecule has 1 atom stereocenters. The molecule has 0 bridgehead atoms. The van der Waals surface area contributed by atoms with Gasteiger partial charge < -0.3 is 15.3 Å². The Balaban J connectivity index is 1.33. The summed E-state index contributed by atoms with van der Waals surface area (Å²) in [4.78, 5) is 10.1. The van der Waals surface area contributed by atoms with Crippen LogP contribution in [0.1, 0.15) is 13.3 Å². The molecule has 9 nitrogen and oxygen atoms in total. The molecule has 4 aromatic rings. The molecule has 1 aliphatic rings. The molecule has 194 valence electrons. The largest absolute Gasteiger partial charge is 0.418 e. The number of aromatic amines is 1. The molecule has 4 heterocycles. The summed E-state index contributed by atoms with van der Waals surface area (Å²) in [5.74, 6) is -0.489. The van der Waals surface area contributed by atoms with Crippen molar-refractivity contribution in [3.8, 4) is 22.5 Å². The number of hydrogen-bond donors (Lipinski definition) is 3. The van der Waals surface area contributed by atoms with Crippen molar-refractivity contribution in [1.29, 1.82) is 0 Å². The van der Waals surface area contributed by atoms with Crippen molar-refractivity contribution in [2.75, 3.05) is 23.3 Å². The number of hydrogen-bond acceptors (Lipinski definition) is 7. The lowest BCUT2D eigenvalue weighted by Gasteiger charge is -2.26. The zero-order valence-electron chi connectivity index (χ0n) is 19.4. The van der Waals surface area contributed by atoms with E-state index in [2.05, 4.69) is 30.6 Å². The van der Waals surface area contributed by atoms with E-state index < -0.39 is 36.5 Å². The number of halogens is 5. The van der Waals surface area contributed by atoms with Crippen LogP contribution in [0.4, 0.5) is 39.4 Å². The lowest BCUT2D eigenvalue weighted by molar-refractivity contribution is -0.250. The average molecular weight is 520 g/mol. The normalized spacial score (nSPS) is 18.0. The Morgan fingerprint density at radius 1 is 1.14 bits per heavy atom. The first-order valence-electron chi connectivity index (χ1n) is 11.3. The SMILES string of the molecule is CCn1nc(-c2ccc(N3CC[C@](O)(C(F)(F)F)C3)nc2)nc1Nc1ccc(-c2cn[nH]c2F)c(F)c1. The zero-order chi connectivity index (χ0) is 26.4. The molecule has 1 fully saturated rings. The van der Waals surface area contributed by atoms with Gasteiger partial charge in [-0.25, -0.2) is 14.1 Å². The molecule has 1 aromatic carbocycles. The lowest BCUT2D eigenvalue weighted by atomic mass is 10.0. The summed E-state index contributed by atoms with van der Waals surface area (Å²) >= 11 is 0. The number of pyridine rings is 1. The highest BCUT2D eigenvalue weighted by Crippen LogP contribution is 2.39. The quantitative estimate of drug-likeness (QED) is 0.326. The van der Waals surface area contributed by atoms with Crippen LogP contribution < -0.4 is 10.2 Å². The van der Waals surface area contributed by atoms with Crippen LogP contribution in [0.2, 0.25) is 0 Å². The minimum Gasteiger partial charge on any atom is -0.379 e. The van der Waals surface area contributed by atoms with E-state index in [0.717, 1.165) is 0 Å². The molecule has 3 aromatic heterocycles. The van der Waals surface area contributed by atoms with Gasteiger partial charge in [-0.2, -0.15) is 27.6 Å². The van der Waals surface area contributed by atoms with Gasteiger partial charge in [-0.3, -0.25) is 5.10 Å². The number of anilines is 3. The first-order chi connectivity index (χ1) is 17.6. The van der Waals surface area contributed by atoms with Gasteiger partial charge in [0.25, 0.3) is 0 Å². The number of aromatic nitrogens is 6. The first-order valence-corrected chi connectivity index (χ1v) is 11.3. The van der Waals surface area contributed by atoms with Crippen molar-refractivity contribution in [2.45, 2.75) is 31.7 Å². The number of alkyl halides is 3. The van der Waals surface area contributed by atoms with Crippen LogP contribution in [-0.4, -0.2) is 59.9 Å². The van der Waals surface area contributed by atoms with E-state index >= 15 is 0 Å². The Labute approximate surface area is 207 Å². The van der Waals surface area contributed by atoms with Crippen molar-refractivity contribution in [3.05, 3.63) is 54.5 Å². The summed E-state index contributed by atoms with van der Waals surface area (Å²) in [6, 6.07) is 7.35. The van der Waals surface area contributed by atoms with Gasteiger partial charge in [0, 0.05) is 42.5 Å². The molecule has 0 saturated carbocycles.